The number of benzene rings is 2. The highest BCUT2D eigenvalue weighted by Gasteiger charge is 2.29. The SMILES string of the molecule is CC/C=C(/c1ccccc1)C1OOc2ccccc21. The van der Waals surface area contributed by atoms with E-state index in [4.69, 9.17) is 9.78 Å². The Morgan fingerprint density at radius 2 is 1.79 bits per heavy atom. The highest BCUT2D eigenvalue weighted by Crippen LogP contribution is 2.42. The first-order valence-corrected chi connectivity index (χ1v) is 6.58. The maximum Gasteiger partial charge on any atom is 0.171 e. The van der Waals surface area contributed by atoms with Crippen molar-refractivity contribution in [3.63, 3.8) is 0 Å². The molecule has 2 heteroatoms. The molecule has 96 valence electrons. The summed E-state index contributed by atoms with van der Waals surface area (Å²) < 4.78 is 0. The van der Waals surface area contributed by atoms with Crippen molar-refractivity contribution in [2.24, 2.45) is 0 Å². The summed E-state index contributed by atoms with van der Waals surface area (Å²) >= 11 is 0. The smallest absolute Gasteiger partial charge is 0.171 e. The molecule has 1 heterocycles. The minimum absolute atomic E-state index is 0.140. The summed E-state index contributed by atoms with van der Waals surface area (Å²) in [4.78, 5) is 10.8. The lowest BCUT2D eigenvalue weighted by Crippen LogP contribution is -2.01. The zero-order valence-corrected chi connectivity index (χ0v) is 10.9. The number of allylic oxidation sites excluding steroid dienone is 1. The van der Waals surface area contributed by atoms with Gasteiger partial charge < -0.3 is 4.89 Å². The molecule has 0 saturated carbocycles. The number of rotatable bonds is 3. The van der Waals surface area contributed by atoms with Gasteiger partial charge >= 0.3 is 0 Å². The van der Waals surface area contributed by atoms with E-state index in [1.54, 1.807) is 0 Å². The predicted molar refractivity (Wildman–Crippen MR) is 75.6 cm³/mol. The number of hydrogen-bond donors (Lipinski definition) is 0. The Morgan fingerprint density at radius 1 is 1.05 bits per heavy atom. The lowest BCUT2D eigenvalue weighted by Gasteiger charge is -2.13. The Labute approximate surface area is 113 Å². The summed E-state index contributed by atoms with van der Waals surface area (Å²) in [5, 5.41) is 0. The third-order valence-corrected chi connectivity index (χ3v) is 3.25. The molecule has 1 unspecified atom stereocenters. The lowest BCUT2D eigenvalue weighted by molar-refractivity contribution is -0.207. The van der Waals surface area contributed by atoms with E-state index in [2.05, 4.69) is 31.2 Å². The van der Waals surface area contributed by atoms with E-state index in [0.717, 1.165) is 23.3 Å². The van der Waals surface area contributed by atoms with Gasteiger partial charge in [0.25, 0.3) is 0 Å². The summed E-state index contributed by atoms with van der Waals surface area (Å²) in [5.74, 6) is 0.811. The first-order valence-electron chi connectivity index (χ1n) is 6.58. The monoisotopic (exact) mass is 252 g/mol. The zero-order valence-electron chi connectivity index (χ0n) is 10.9. The zero-order chi connectivity index (χ0) is 13.1. The summed E-state index contributed by atoms with van der Waals surface area (Å²) in [6.07, 6.45) is 3.02. The topological polar surface area (TPSA) is 18.5 Å². The fraction of sp³-hybridized carbons (Fsp3) is 0.176. The lowest BCUT2D eigenvalue weighted by atomic mass is 9.94. The van der Waals surface area contributed by atoms with Crippen molar-refractivity contribution in [1.82, 2.24) is 0 Å². The molecule has 3 rings (SSSR count). The van der Waals surface area contributed by atoms with Gasteiger partial charge in [0.2, 0.25) is 0 Å². The van der Waals surface area contributed by atoms with Crippen LogP contribution in [-0.2, 0) is 4.89 Å². The van der Waals surface area contributed by atoms with Gasteiger partial charge in [0.1, 0.15) is 0 Å². The quantitative estimate of drug-likeness (QED) is 0.746. The third kappa shape index (κ3) is 2.27. The van der Waals surface area contributed by atoms with Crippen LogP contribution in [0.3, 0.4) is 0 Å². The molecule has 2 aromatic rings. The second-order valence-electron chi connectivity index (χ2n) is 4.53. The van der Waals surface area contributed by atoms with Crippen molar-refractivity contribution in [2.45, 2.75) is 19.4 Å². The molecule has 1 aliphatic rings. The summed E-state index contributed by atoms with van der Waals surface area (Å²) in [6.45, 7) is 2.13. The van der Waals surface area contributed by atoms with E-state index >= 15 is 0 Å². The van der Waals surface area contributed by atoms with E-state index in [9.17, 15) is 0 Å². The van der Waals surface area contributed by atoms with Crippen LogP contribution < -0.4 is 4.89 Å². The molecule has 19 heavy (non-hydrogen) atoms. The van der Waals surface area contributed by atoms with Crippen molar-refractivity contribution in [3.05, 3.63) is 71.8 Å². The molecule has 0 fully saturated rings. The van der Waals surface area contributed by atoms with Crippen LogP contribution in [0.15, 0.2) is 60.7 Å². The first-order chi connectivity index (χ1) is 9.40. The molecule has 1 atom stereocenters. The Hall–Kier alpha value is -2.06. The Balaban J connectivity index is 2.02. The average Bonchev–Trinajstić information content (AvgIpc) is 2.89. The molecule has 2 nitrogen and oxygen atoms in total. The van der Waals surface area contributed by atoms with Crippen molar-refractivity contribution in [1.29, 1.82) is 0 Å². The van der Waals surface area contributed by atoms with Gasteiger partial charge in [0, 0.05) is 5.56 Å². The minimum Gasteiger partial charge on any atom is -0.336 e. The van der Waals surface area contributed by atoms with Crippen LogP contribution >= 0.6 is 0 Å². The van der Waals surface area contributed by atoms with Gasteiger partial charge in [-0.05, 0) is 23.6 Å². The van der Waals surface area contributed by atoms with Crippen LogP contribution in [0.25, 0.3) is 5.57 Å². The first kappa shape index (κ1) is 12.0. The van der Waals surface area contributed by atoms with Crippen LogP contribution in [0.4, 0.5) is 0 Å². The van der Waals surface area contributed by atoms with E-state index in [-0.39, 0.29) is 6.10 Å². The van der Waals surface area contributed by atoms with Gasteiger partial charge in [-0.3, -0.25) is 0 Å². The third-order valence-electron chi connectivity index (χ3n) is 3.25. The van der Waals surface area contributed by atoms with Crippen molar-refractivity contribution in [2.75, 3.05) is 0 Å². The molecule has 0 aliphatic carbocycles. The van der Waals surface area contributed by atoms with Gasteiger partial charge in [-0.1, -0.05) is 61.5 Å². The normalized spacial score (nSPS) is 17.9. The van der Waals surface area contributed by atoms with E-state index < -0.39 is 0 Å². The number of hydrogen-bond acceptors (Lipinski definition) is 2. The molecular formula is C17H16O2. The van der Waals surface area contributed by atoms with Crippen LogP contribution in [-0.4, -0.2) is 0 Å². The fourth-order valence-corrected chi connectivity index (χ4v) is 2.37. The molecule has 0 amide bonds. The second kappa shape index (κ2) is 5.29. The Kier molecular flexibility index (Phi) is 3.34. The molecule has 0 saturated heterocycles. The van der Waals surface area contributed by atoms with Crippen molar-refractivity contribution in [3.8, 4) is 5.75 Å². The second-order valence-corrected chi connectivity index (χ2v) is 4.53. The fourth-order valence-electron chi connectivity index (χ4n) is 2.37. The highest BCUT2D eigenvalue weighted by molar-refractivity contribution is 5.71. The van der Waals surface area contributed by atoms with E-state index in [1.165, 1.54) is 5.56 Å². The van der Waals surface area contributed by atoms with Crippen LogP contribution in [0.5, 0.6) is 5.75 Å². The van der Waals surface area contributed by atoms with Gasteiger partial charge in [0.15, 0.2) is 11.9 Å². The molecule has 0 aromatic heterocycles. The molecule has 0 N–H and O–H groups in total. The number of fused-ring (bicyclic) bond motifs is 1. The van der Waals surface area contributed by atoms with Gasteiger partial charge in [-0.15, -0.1) is 0 Å². The van der Waals surface area contributed by atoms with Gasteiger partial charge in [0.05, 0.1) is 0 Å². The summed E-state index contributed by atoms with van der Waals surface area (Å²) in [5.41, 5.74) is 3.42. The summed E-state index contributed by atoms with van der Waals surface area (Å²) in [7, 11) is 0. The minimum atomic E-state index is -0.140. The van der Waals surface area contributed by atoms with E-state index in [0.29, 0.717) is 0 Å². The Bertz CT molecular complexity index is 587. The molecular weight excluding hydrogens is 236 g/mol. The summed E-state index contributed by atoms with van der Waals surface area (Å²) in [6, 6.07) is 18.3. The van der Waals surface area contributed by atoms with Crippen molar-refractivity contribution < 1.29 is 9.78 Å². The Morgan fingerprint density at radius 3 is 2.58 bits per heavy atom. The molecule has 0 radical (unpaired) electrons. The van der Waals surface area contributed by atoms with Crippen LogP contribution in [0, 0.1) is 0 Å². The van der Waals surface area contributed by atoms with E-state index in [1.807, 2.05) is 36.4 Å². The molecule has 1 aliphatic heterocycles. The average molecular weight is 252 g/mol. The largest absolute Gasteiger partial charge is 0.336 e. The van der Waals surface area contributed by atoms with Gasteiger partial charge in [-0.25, -0.2) is 0 Å². The van der Waals surface area contributed by atoms with Crippen LogP contribution in [0.1, 0.15) is 30.6 Å². The van der Waals surface area contributed by atoms with Gasteiger partial charge in [-0.2, -0.15) is 4.89 Å². The number of para-hydroxylation sites is 1. The predicted octanol–water partition coefficient (Wildman–Crippen LogP) is 4.55. The molecule has 0 spiro atoms. The molecule has 2 aromatic carbocycles. The van der Waals surface area contributed by atoms with Crippen molar-refractivity contribution >= 4 is 5.57 Å². The maximum atomic E-state index is 5.52. The molecule has 0 bridgehead atoms. The van der Waals surface area contributed by atoms with Crippen LogP contribution in [0.2, 0.25) is 0 Å². The maximum absolute atomic E-state index is 5.52. The standard InChI is InChI=1S/C17H16O2/c1-2-8-14(13-9-4-3-5-10-13)17-15-11-6-7-12-16(15)18-19-17/h3-12,17H,2H2,1H3/b14-8-. The highest BCUT2D eigenvalue weighted by atomic mass is 17.2.